The topological polar surface area (TPSA) is 77.7 Å². The highest BCUT2D eigenvalue weighted by molar-refractivity contribution is 8.13. The molecule has 2 rings (SSSR count). The van der Waals surface area contributed by atoms with Gasteiger partial charge in [0.15, 0.2) is 0 Å². The van der Waals surface area contributed by atoms with Crippen LogP contribution in [0.2, 0.25) is 0 Å². The Labute approximate surface area is 109 Å². The lowest BCUT2D eigenvalue weighted by Crippen LogP contribution is -2.11. The quantitative estimate of drug-likeness (QED) is 0.787. The third-order valence-electron chi connectivity index (χ3n) is 1.98. The van der Waals surface area contributed by atoms with E-state index in [0.717, 1.165) is 23.3 Å². The molecule has 0 amide bonds. The van der Waals surface area contributed by atoms with Crippen LogP contribution in [0.4, 0.5) is 13.2 Å². The average molecular weight is 313 g/mol. The third kappa shape index (κ3) is 3.01. The van der Waals surface area contributed by atoms with Crippen LogP contribution in [0.25, 0.3) is 5.95 Å². The molecule has 0 aliphatic rings. The zero-order valence-electron chi connectivity index (χ0n) is 8.83. The lowest BCUT2D eigenvalue weighted by Gasteiger charge is -2.06. The third-order valence-corrected chi connectivity index (χ3v) is 3.29. The summed E-state index contributed by atoms with van der Waals surface area (Å²) in [5.74, 6) is -0.415. The van der Waals surface area contributed by atoms with Crippen LogP contribution in [0.5, 0.6) is 0 Å². The molecule has 0 saturated carbocycles. The number of hydrogen-bond donors (Lipinski definition) is 0. The molecule has 2 aromatic heterocycles. The summed E-state index contributed by atoms with van der Waals surface area (Å²) in [6.07, 6.45) is -1.95. The normalized spacial score (nSPS) is 12.6. The van der Waals surface area contributed by atoms with Gasteiger partial charge in [-0.15, -0.1) is 0 Å². The zero-order valence-corrected chi connectivity index (χ0v) is 10.4. The number of alkyl halides is 3. The van der Waals surface area contributed by atoms with E-state index in [0.29, 0.717) is 6.07 Å². The van der Waals surface area contributed by atoms with E-state index in [1.54, 1.807) is 0 Å². The van der Waals surface area contributed by atoms with Crippen molar-refractivity contribution in [2.75, 3.05) is 0 Å². The lowest BCUT2D eigenvalue weighted by atomic mass is 10.4. The zero-order chi connectivity index (χ0) is 14.3. The van der Waals surface area contributed by atoms with Crippen LogP contribution in [0.3, 0.4) is 0 Å². The van der Waals surface area contributed by atoms with Gasteiger partial charge in [-0.2, -0.15) is 18.3 Å². The molecule has 0 radical (unpaired) electrons. The molecule has 0 aliphatic carbocycles. The molecule has 102 valence electrons. The molecule has 2 heterocycles. The van der Waals surface area contributed by atoms with E-state index in [1.807, 2.05) is 0 Å². The lowest BCUT2D eigenvalue weighted by molar-refractivity contribution is -0.141. The van der Waals surface area contributed by atoms with E-state index in [-0.39, 0.29) is 4.90 Å². The summed E-state index contributed by atoms with van der Waals surface area (Å²) >= 11 is 0. The van der Waals surface area contributed by atoms with Crippen molar-refractivity contribution in [3.63, 3.8) is 0 Å². The maximum absolute atomic E-state index is 12.4. The number of rotatable bonds is 2. The summed E-state index contributed by atoms with van der Waals surface area (Å²) in [4.78, 5) is 6.44. The molecule has 0 N–H and O–H groups in total. The van der Waals surface area contributed by atoms with Crippen LogP contribution in [0.1, 0.15) is 5.69 Å². The van der Waals surface area contributed by atoms with Crippen LogP contribution in [-0.2, 0) is 15.2 Å². The Balaban J connectivity index is 2.46. The second kappa shape index (κ2) is 4.46. The van der Waals surface area contributed by atoms with Gasteiger partial charge in [0.05, 0.1) is 12.4 Å². The summed E-state index contributed by atoms with van der Waals surface area (Å²) in [5, 5.41) is 3.54. The molecule has 0 aromatic carbocycles. The summed E-state index contributed by atoms with van der Waals surface area (Å²) in [6.45, 7) is 0. The number of nitrogens with zero attached hydrogens (tertiary/aromatic N) is 4. The largest absolute Gasteiger partial charge is 0.433 e. The predicted octanol–water partition coefficient (Wildman–Crippen LogP) is 1.61. The van der Waals surface area contributed by atoms with E-state index < -0.39 is 26.9 Å². The van der Waals surface area contributed by atoms with Gasteiger partial charge in [0.2, 0.25) is 0 Å². The second-order valence-corrected chi connectivity index (χ2v) is 5.86. The molecule has 2 aromatic rings. The molecule has 0 spiro atoms. The number of aromatic nitrogens is 4. The smallest absolute Gasteiger partial charge is 0.220 e. The first-order valence-electron chi connectivity index (χ1n) is 4.58. The van der Waals surface area contributed by atoms with Crippen molar-refractivity contribution in [1.29, 1.82) is 0 Å². The average Bonchev–Trinajstić information content (AvgIpc) is 2.77. The number of halogens is 4. The minimum absolute atomic E-state index is 0.366. The van der Waals surface area contributed by atoms with Crippen molar-refractivity contribution < 1.29 is 21.6 Å². The molecule has 0 bridgehead atoms. The van der Waals surface area contributed by atoms with Gasteiger partial charge in [-0.25, -0.2) is 23.1 Å². The highest BCUT2D eigenvalue weighted by atomic mass is 35.7. The second-order valence-electron chi connectivity index (χ2n) is 3.30. The highest BCUT2D eigenvalue weighted by Gasteiger charge is 2.33. The summed E-state index contributed by atoms with van der Waals surface area (Å²) in [5.41, 5.74) is -1.16. The van der Waals surface area contributed by atoms with Crippen LogP contribution in [-0.4, -0.2) is 28.2 Å². The minimum Gasteiger partial charge on any atom is -0.220 e. The molecular formula is C8H4ClF3N4O2S. The molecule has 0 aliphatic heterocycles. The Kier molecular flexibility index (Phi) is 3.22. The first-order chi connectivity index (χ1) is 8.68. The van der Waals surface area contributed by atoms with Gasteiger partial charge in [-0.05, 0) is 6.07 Å². The van der Waals surface area contributed by atoms with Gasteiger partial charge in [0.1, 0.15) is 10.6 Å². The molecule has 19 heavy (non-hydrogen) atoms. The van der Waals surface area contributed by atoms with Gasteiger partial charge in [0, 0.05) is 16.9 Å². The summed E-state index contributed by atoms with van der Waals surface area (Å²) in [7, 11) is 1.04. The van der Waals surface area contributed by atoms with E-state index in [9.17, 15) is 21.6 Å². The molecule has 0 atom stereocenters. The van der Waals surface area contributed by atoms with Crippen LogP contribution in [0, 0.1) is 0 Å². The maximum atomic E-state index is 12.4. The Morgan fingerprint density at radius 1 is 1.32 bits per heavy atom. The Bertz CT molecular complexity index is 713. The van der Waals surface area contributed by atoms with Gasteiger partial charge in [-0.3, -0.25) is 0 Å². The highest BCUT2D eigenvalue weighted by Crippen LogP contribution is 2.27. The van der Waals surface area contributed by atoms with E-state index in [2.05, 4.69) is 15.1 Å². The first kappa shape index (κ1) is 13.7. The Morgan fingerprint density at radius 2 is 2.00 bits per heavy atom. The van der Waals surface area contributed by atoms with Crippen LogP contribution >= 0.6 is 10.7 Å². The fourth-order valence-corrected chi connectivity index (χ4v) is 1.80. The van der Waals surface area contributed by atoms with Gasteiger partial charge in [-0.1, -0.05) is 0 Å². The van der Waals surface area contributed by atoms with Gasteiger partial charge >= 0.3 is 6.18 Å². The van der Waals surface area contributed by atoms with Crippen LogP contribution < -0.4 is 0 Å². The van der Waals surface area contributed by atoms with Crippen molar-refractivity contribution in [3.05, 3.63) is 30.4 Å². The first-order valence-corrected chi connectivity index (χ1v) is 6.89. The predicted molar refractivity (Wildman–Crippen MR) is 57.2 cm³/mol. The molecule has 0 saturated heterocycles. The fourth-order valence-electron chi connectivity index (χ4n) is 1.16. The Morgan fingerprint density at radius 3 is 2.53 bits per heavy atom. The van der Waals surface area contributed by atoms with Crippen LogP contribution in [0.15, 0.2) is 29.6 Å². The van der Waals surface area contributed by atoms with Crippen molar-refractivity contribution in [3.8, 4) is 5.95 Å². The molecular weight excluding hydrogens is 309 g/mol. The SMILES string of the molecule is O=S(=O)(Cl)c1cnn(-c2nccc(C(F)(F)F)n2)c1. The van der Waals surface area contributed by atoms with Crippen molar-refractivity contribution >= 4 is 19.7 Å². The number of hydrogen-bond acceptors (Lipinski definition) is 5. The molecule has 0 unspecified atom stereocenters. The summed E-state index contributed by atoms with van der Waals surface area (Å²) < 4.78 is 60.1. The summed E-state index contributed by atoms with van der Waals surface area (Å²) in [6, 6.07) is 0.687. The fraction of sp³-hybridized carbons (Fsp3) is 0.125. The van der Waals surface area contributed by atoms with E-state index in [1.165, 1.54) is 0 Å². The molecule has 11 heteroatoms. The van der Waals surface area contributed by atoms with Gasteiger partial charge in [0.25, 0.3) is 15.0 Å². The standard InChI is InChI=1S/C8H4ClF3N4O2S/c9-19(17,18)5-3-14-16(4-5)7-13-2-1-6(15-7)8(10,11)12/h1-4H. The maximum Gasteiger partial charge on any atom is 0.433 e. The minimum atomic E-state index is -4.63. The monoisotopic (exact) mass is 312 g/mol. The van der Waals surface area contributed by atoms with Crippen molar-refractivity contribution in [2.45, 2.75) is 11.1 Å². The van der Waals surface area contributed by atoms with E-state index >= 15 is 0 Å². The van der Waals surface area contributed by atoms with Crippen molar-refractivity contribution in [2.24, 2.45) is 0 Å². The van der Waals surface area contributed by atoms with Gasteiger partial charge < -0.3 is 0 Å². The molecule has 0 fully saturated rings. The Hall–Kier alpha value is -1.68. The van der Waals surface area contributed by atoms with Crippen molar-refractivity contribution in [1.82, 2.24) is 19.7 Å². The van der Waals surface area contributed by atoms with E-state index in [4.69, 9.17) is 10.7 Å². The molecule has 6 nitrogen and oxygen atoms in total.